The Labute approximate surface area is 119 Å². The molecule has 0 fully saturated rings. The average molecular weight is 258 g/mol. The van der Waals surface area contributed by atoms with E-state index in [2.05, 4.69) is 38.6 Å². The molecule has 0 heterocycles. The number of hydrogen-bond donors (Lipinski definition) is 0. The van der Waals surface area contributed by atoms with Gasteiger partial charge >= 0.3 is 0 Å². The fraction of sp³-hybridized carbons (Fsp3) is 0.579. The summed E-state index contributed by atoms with van der Waals surface area (Å²) in [6.45, 7) is 8.29. The van der Waals surface area contributed by atoms with E-state index in [4.69, 9.17) is 0 Å². The molecule has 0 saturated carbocycles. The fourth-order valence-electron chi connectivity index (χ4n) is 2.59. The van der Waals surface area contributed by atoms with E-state index in [0.29, 0.717) is 0 Å². The first-order chi connectivity index (χ1) is 9.27. The smallest absolute Gasteiger partial charge is 0.0233 e. The molecule has 0 aliphatic heterocycles. The number of rotatable bonds is 10. The lowest BCUT2D eigenvalue weighted by atomic mass is 10.0. The van der Waals surface area contributed by atoms with Gasteiger partial charge in [-0.05, 0) is 36.5 Å². The molecule has 1 aromatic rings. The zero-order valence-corrected chi connectivity index (χ0v) is 12.9. The van der Waals surface area contributed by atoms with Gasteiger partial charge in [0.15, 0.2) is 0 Å². The largest absolute Gasteiger partial charge is 0.0985 e. The molecule has 0 N–H and O–H groups in total. The van der Waals surface area contributed by atoms with Crippen molar-refractivity contribution in [1.82, 2.24) is 0 Å². The van der Waals surface area contributed by atoms with Gasteiger partial charge < -0.3 is 0 Å². The van der Waals surface area contributed by atoms with E-state index in [-0.39, 0.29) is 0 Å². The molecule has 0 atom stereocenters. The second-order valence-electron chi connectivity index (χ2n) is 5.62. The topological polar surface area (TPSA) is 0 Å². The van der Waals surface area contributed by atoms with Crippen molar-refractivity contribution in [2.24, 2.45) is 0 Å². The Morgan fingerprint density at radius 2 is 1.58 bits per heavy atom. The van der Waals surface area contributed by atoms with Crippen LogP contribution in [-0.4, -0.2) is 0 Å². The van der Waals surface area contributed by atoms with E-state index in [1.54, 1.807) is 0 Å². The third-order valence-corrected chi connectivity index (χ3v) is 3.87. The molecule has 0 bridgehead atoms. The van der Waals surface area contributed by atoms with E-state index >= 15 is 0 Å². The molecule has 0 spiro atoms. The molecule has 0 heteroatoms. The van der Waals surface area contributed by atoms with Gasteiger partial charge in [0.2, 0.25) is 0 Å². The molecule has 0 aromatic heterocycles. The van der Waals surface area contributed by atoms with Crippen LogP contribution in [0.4, 0.5) is 0 Å². The van der Waals surface area contributed by atoms with E-state index in [1.807, 2.05) is 6.08 Å². The lowest BCUT2D eigenvalue weighted by molar-refractivity contribution is 0.575. The van der Waals surface area contributed by atoms with Crippen molar-refractivity contribution in [3.63, 3.8) is 0 Å². The molecule has 1 rings (SSSR count). The predicted octanol–water partition coefficient (Wildman–Crippen LogP) is 6.32. The fourth-order valence-corrected chi connectivity index (χ4v) is 2.59. The van der Waals surface area contributed by atoms with E-state index in [0.717, 1.165) is 0 Å². The SMILES string of the molecule is C=Cc1ccc(CCCCCCCCCC)cc1C. The van der Waals surface area contributed by atoms with Crippen molar-refractivity contribution in [1.29, 1.82) is 0 Å². The highest BCUT2D eigenvalue weighted by Crippen LogP contribution is 2.15. The van der Waals surface area contributed by atoms with Crippen LogP contribution in [0.15, 0.2) is 24.8 Å². The van der Waals surface area contributed by atoms with Gasteiger partial charge in [0.25, 0.3) is 0 Å². The first-order valence-electron chi connectivity index (χ1n) is 8.00. The van der Waals surface area contributed by atoms with Gasteiger partial charge in [-0.25, -0.2) is 0 Å². The molecular weight excluding hydrogens is 228 g/mol. The summed E-state index contributed by atoms with van der Waals surface area (Å²) in [5.41, 5.74) is 4.10. The Balaban J connectivity index is 2.12. The second kappa shape index (κ2) is 9.83. The molecule has 106 valence electrons. The van der Waals surface area contributed by atoms with E-state index in [9.17, 15) is 0 Å². The number of benzene rings is 1. The molecule has 19 heavy (non-hydrogen) atoms. The van der Waals surface area contributed by atoms with Gasteiger partial charge in [0.1, 0.15) is 0 Å². The summed E-state index contributed by atoms with van der Waals surface area (Å²) >= 11 is 0. The van der Waals surface area contributed by atoms with Crippen LogP contribution >= 0.6 is 0 Å². The number of hydrogen-bond acceptors (Lipinski definition) is 0. The molecule has 0 aliphatic rings. The quantitative estimate of drug-likeness (QED) is 0.431. The Bertz CT molecular complexity index is 362. The lowest BCUT2D eigenvalue weighted by Gasteiger charge is -2.06. The summed E-state index contributed by atoms with van der Waals surface area (Å²) in [5.74, 6) is 0. The van der Waals surface area contributed by atoms with Gasteiger partial charge in [-0.1, -0.05) is 82.7 Å². The highest BCUT2D eigenvalue weighted by Gasteiger charge is 1.98. The second-order valence-corrected chi connectivity index (χ2v) is 5.62. The molecule has 1 aromatic carbocycles. The monoisotopic (exact) mass is 258 g/mol. The Morgan fingerprint density at radius 3 is 2.16 bits per heavy atom. The summed E-state index contributed by atoms with van der Waals surface area (Å²) in [6, 6.07) is 6.77. The van der Waals surface area contributed by atoms with Crippen molar-refractivity contribution < 1.29 is 0 Å². The maximum Gasteiger partial charge on any atom is -0.0233 e. The third-order valence-electron chi connectivity index (χ3n) is 3.87. The zero-order valence-electron chi connectivity index (χ0n) is 12.9. The van der Waals surface area contributed by atoms with Crippen LogP contribution in [0.1, 0.15) is 75.0 Å². The standard InChI is InChI=1S/C19H30/c1-4-6-7-8-9-10-11-12-13-18-14-15-19(5-2)17(3)16-18/h5,14-16H,2,4,6-13H2,1,3H3. The van der Waals surface area contributed by atoms with Crippen LogP contribution < -0.4 is 0 Å². The Kier molecular flexibility index (Phi) is 8.29. The van der Waals surface area contributed by atoms with Crippen LogP contribution in [0.2, 0.25) is 0 Å². The summed E-state index contributed by atoms with van der Waals surface area (Å²) in [5, 5.41) is 0. The third kappa shape index (κ3) is 6.61. The number of aryl methyl sites for hydroxylation is 2. The van der Waals surface area contributed by atoms with E-state index < -0.39 is 0 Å². The normalized spacial score (nSPS) is 10.6. The van der Waals surface area contributed by atoms with Crippen molar-refractivity contribution in [3.8, 4) is 0 Å². The number of unbranched alkanes of at least 4 members (excludes halogenated alkanes) is 7. The van der Waals surface area contributed by atoms with Gasteiger partial charge in [0, 0.05) is 0 Å². The van der Waals surface area contributed by atoms with Crippen LogP contribution in [0.5, 0.6) is 0 Å². The molecule has 0 radical (unpaired) electrons. The molecular formula is C19H30. The van der Waals surface area contributed by atoms with Crippen molar-refractivity contribution >= 4 is 6.08 Å². The first-order valence-corrected chi connectivity index (χ1v) is 8.00. The van der Waals surface area contributed by atoms with Crippen molar-refractivity contribution in [2.45, 2.75) is 71.6 Å². The summed E-state index contributed by atoms with van der Waals surface area (Å²) in [7, 11) is 0. The van der Waals surface area contributed by atoms with Crippen molar-refractivity contribution in [3.05, 3.63) is 41.5 Å². The summed E-state index contributed by atoms with van der Waals surface area (Å²) in [4.78, 5) is 0. The molecule has 0 saturated heterocycles. The van der Waals surface area contributed by atoms with Crippen LogP contribution in [0.25, 0.3) is 6.08 Å². The highest BCUT2D eigenvalue weighted by molar-refractivity contribution is 5.52. The van der Waals surface area contributed by atoms with Gasteiger partial charge in [0.05, 0.1) is 0 Å². The predicted molar refractivity (Wildman–Crippen MR) is 87.6 cm³/mol. The molecule has 0 unspecified atom stereocenters. The maximum atomic E-state index is 3.84. The van der Waals surface area contributed by atoms with Gasteiger partial charge in [-0.3, -0.25) is 0 Å². The Morgan fingerprint density at radius 1 is 0.947 bits per heavy atom. The first kappa shape index (κ1) is 16.0. The Hall–Kier alpha value is -1.04. The van der Waals surface area contributed by atoms with Gasteiger partial charge in [-0.15, -0.1) is 0 Å². The van der Waals surface area contributed by atoms with Crippen LogP contribution in [0.3, 0.4) is 0 Å². The highest BCUT2D eigenvalue weighted by atomic mass is 14.0. The van der Waals surface area contributed by atoms with Crippen LogP contribution in [-0.2, 0) is 6.42 Å². The van der Waals surface area contributed by atoms with Crippen LogP contribution in [0, 0.1) is 6.92 Å². The molecule has 0 aliphatic carbocycles. The molecule has 0 nitrogen and oxygen atoms in total. The van der Waals surface area contributed by atoms with Crippen molar-refractivity contribution in [2.75, 3.05) is 0 Å². The summed E-state index contributed by atoms with van der Waals surface area (Å²) < 4.78 is 0. The lowest BCUT2D eigenvalue weighted by Crippen LogP contribution is -1.89. The maximum absolute atomic E-state index is 3.84. The minimum absolute atomic E-state index is 1.23. The van der Waals surface area contributed by atoms with E-state index in [1.165, 1.54) is 74.5 Å². The zero-order chi connectivity index (χ0) is 13.9. The minimum Gasteiger partial charge on any atom is -0.0985 e. The van der Waals surface area contributed by atoms with Gasteiger partial charge in [-0.2, -0.15) is 0 Å². The minimum atomic E-state index is 1.23. The average Bonchev–Trinajstić information content (AvgIpc) is 2.42. The summed E-state index contributed by atoms with van der Waals surface area (Å²) in [6.07, 6.45) is 14.3. The molecule has 0 amide bonds.